The third-order valence-electron chi connectivity index (χ3n) is 7.37. The number of rotatable bonds is 14. The summed E-state index contributed by atoms with van der Waals surface area (Å²) in [5, 5.41) is 3.13. The smallest absolute Gasteiger partial charge is 0.264 e. The first-order chi connectivity index (χ1) is 22.0. The fourth-order valence-electron chi connectivity index (χ4n) is 4.93. The second-order valence-electron chi connectivity index (χ2n) is 10.8. The van der Waals surface area contributed by atoms with E-state index in [4.69, 9.17) is 16.3 Å². The molecule has 0 aromatic heterocycles. The molecule has 46 heavy (non-hydrogen) atoms. The Bertz CT molecular complexity index is 1750. The van der Waals surface area contributed by atoms with Crippen LogP contribution < -0.4 is 14.4 Å². The van der Waals surface area contributed by atoms with Crippen molar-refractivity contribution in [3.63, 3.8) is 0 Å². The van der Waals surface area contributed by atoms with Gasteiger partial charge in [0.2, 0.25) is 11.8 Å². The van der Waals surface area contributed by atoms with Crippen molar-refractivity contribution >= 4 is 55.1 Å². The minimum Gasteiger partial charge on any atom is -0.495 e. The van der Waals surface area contributed by atoms with Gasteiger partial charge in [-0.1, -0.05) is 94.6 Å². The molecule has 0 bridgehead atoms. The van der Waals surface area contributed by atoms with Crippen LogP contribution in [-0.4, -0.2) is 51.4 Å². The first-order valence-electron chi connectivity index (χ1n) is 14.8. The van der Waals surface area contributed by atoms with Crippen molar-refractivity contribution < 1.29 is 22.7 Å². The highest BCUT2D eigenvalue weighted by Gasteiger charge is 2.34. The molecule has 0 saturated heterocycles. The lowest BCUT2D eigenvalue weighted by Crippen LogP contribution is -2.53. The van der Waals surface area contributed by atoms with Crippen molar-refractivity contribution in [2.45, 2.75) is 44.2 Å². The Morgan fingerprint density at radius 3 is 2.26 bits per heavy atom. The minimum atomic E-state index is -4.26. The van der Waals surface area contributed by atoms with Crippen molar-refractivity contribution in [2.24, 2.45) is 0 Å². The highest BCUT2D eigenvalue weighted by atomic mass is 79.9. The topological polar surface area (TPSA) is 96.0 Å². The number of aryl methyl sites for hydroxylation is 1. The molecule has 1 atom stereocenters. The average Bonchev–Trinajstić information content (AvgIpc) is 3.04. The maximum absolute atomic E-state index is 14.5. The molecule has 242 valence electrons. The molecule has 0 radical (unpaired) electrons. The van der Waals surface area contributed by atoms with E-state index in [2.05, 4.69) is 21.2 Å². The Hall–Kier alpha value is -3.86. The van der Waals surface area contributed by atoms with Gasteiger partial charge in [0, 0.05) is 24.0 Å². The Morgan fingerprint density at radius 2 is 1.63 bits per heavy atom. The fourth-order valence-corrected chi connectivity index (χ4v) is 7.03. The third kappa shape index (κ3) is 8.90. The zero-order valence-electron chi connectivity index (χ0n) is 26.0. The van der Waals surface area contributed by atoms with E-state index in [9.17, 15) is 18.0 Å². The van der Waals surface area contributed by atoms with Crippen LogP contribution in [0, 0.1) is 6.92 Å². The Labute approximate surface area is 284 Å². The van der Waals surface area contributed by atoms with Gasteiger partial charge in [-0.25, -0.2) is 8.42 Å². The van der Waals surface area contributed by atoms with Crippen LogP contribution in [-0.2, 0) is 32.6 Å². The maximum atomic E-state index is 14.5. The molecular weight excluding hydrogens is 690 g/mol. The molecule has 0 spiro atoms. The van der Waals surface area contributed by atoms with Gasteiger partial charge >= 0.3 is 0 Å². The van der Waals surface area contributed by atoms with Gasteiger partial charge in [0.25, 0.3) is 10.0 Å². The van der Waals surface area contributed by atoms with Gasteiger partial charge in [0.05, 0.1) is 22.7 Å². The largest absolute Gasteiger partial charge is 0.495 e. The predicted octanol–water partition coefficient (Wildman–Crippen LogP) is 6.78. The Morgan fingerprint density at radius 1 is 0.935 bits per heavy atom. The number of hydrogen-bond donors (Lipinski definition) is 1. The highest BCUT2D eigenvalue weighted by Crippen LogP contribution is 2.32. The molecule has 11 heteroatoms. The lowest BCUT2D eigenvalue weighted by molar-refractivity contribution is -0.140. The summed E-state index contributed by atoms with van der Waals surface area (Å²) in [7, 11) is -2.80. The molecule has 8 nitrogen and oxygen atoms in total. The second kappa shape index (κ2) is 16.1. The normalized spacial score (nSPS) is 11.8. The molecule has 0 unspecified atom stereocenters. The van der Waals surface area contributed by atoms with Crippen LogP contribution in [0.25, 0.3) is 0 Å². The number of ether oxygens (including phenoxy) is 1. The standard InChI is InChI=1S/C35H37BrClN3O5S/c1-4-19-38-35(42)32(21-26-9-6-5-7-10-26)39(23-27-11-8-12-28(36)20-27)34(41)24-40(29-15-18-33(45-3)31(37)22-29)46(43,44)30-16-13-25(2)14-17-30/h5-18,20,22,32H,4,19,21,23-24H2,1-3H3,(H,38,42)/t32-/m1/s1. The van der Waals surface area contributed by atoms with Crippen LogP contribution in [0.15, 0.2) is 106 Å². The van der Waals surface area contributed by atoms with Gasteiger partial charge in [-0.15, -0.1) is 0 Å². The van der Waals surface area contributed by atoms with Crippen LogP contribution in [0.3, 0.4) is 0 Å². The van der Waals surface area contributed by atoms with Gasteiger partial charge in [-0.3, -0.25) is 13.9 Å². The molecule has 4 aromatic rings. The van der Waals surface area contributed by atoms with E-state index in [0.29, 0.717) is 18.7 Å². The van der Waals surface area contributed by atoms with Crippen molar-refractivity contribution in [3.8, 4) is 5.75 Å². The van der Waals surface area contributed by atoms with Gasteiger partial charge in [-0.2, -0.15) is 0 Å². The zero-order valence-corrected chi connectivity index (χ0v) is 29.1. The van der Waals surface area contributed by atoms with E-state index in [1.807, 2.05) is 68.4 Å². The lowest BCUT2D eigenvalue weighted by atomic mass is 10.0. The molecule has 0 aliphatic heterocycles. The Balaban J connectivity index is 1.82. The molecule has 0 heterocycles. The summed E-state index contributed by atoms with van der Waals surface area (Å²) in [4.78, 5) is 29.8. The quantitative estimate of drug-likeness (QED) is 0.155. The number of anilines is 1. The first kappa shape index (κ1) is 35.0. The van der Waals surface area contributed by atoms with Gasteiger partial charge < -0.3 is 15.0 Å². The maximum Gasteiger partial charge on any atom is 0.264 e. The van der Waals surface area contributed by atoms with Crippen molar-refractivity contribution in [1.29, 1.82) is 0 Å². The molecule has 0 aliphatic carbocycles. The number of nitrogens with zero attached hydrogens (tertiary/aromatic N) is 2. The number of benzene rings is 4. The van der Waals surface area contributed by atoms with Gasteiger partial charge in [0.15, 0.2) is 0 Å². The number of sulfonamides is 1. The summed E-state index contributed by atoms with van der Waals surface area (Å²) in [6, 6.07) is 26.9. The number of carbonyl (C=O) groups excluding carboxylic acids is 2. The minimum absolute atomic E-state index is 0.0119. The summed E-state index contributed by atoms with van der Waals surface area (Å²) in [6.45, 7) is 3.72. The zero-order chi connectivity index (χ0) is 33.3. The SMILES string of the molecule is CCCNC(=O)[C@@H](Cc1ccccc1)N(Cc1cccc(Br)c1)C(=O)CN(c1ccc(OC)c(Cl)c1)S(=O)(=O)c1ccc(C)cc1. The van der Waals surface area contributed by atoms with E-state index in [-0.39, 0.29) is 34.5 Å². The number of hydrogen-bond acceptors (Lipinski definition) is 5. The van der Waals surface area contributed by atoms with E-state index in [1.165, 1.54) is 36.3 Å². The van der Waals surface area contributed by atoms with Crippen LogP contribution in [0.1, 0.15) is 30.0 Å². The molecule has 0 fully saturated rings. The van der Waals surface area contributed by atoms with Crippen molar-refractivity contribution in [3.05, 3.63) is 123 Å². The van der Waals surface area contributed by atoms with Crippen molar-refractivity contribution in [2.75, 3.05) is 24.5 Å². The van der Waals surface area contributed by atoms with E-state index >= 15 is 0 Å². The molecule has 0 aliphatic rings. The number of nitrogens with one attached hydrogen (secondary N) is 1. The summed E-state index contributed by atoms with van der Waals surface area (Å²) >= 11 is 9.94. The molecule has 0 saturated carbocycles. The van der Waals surface area contributed by atoms with Crippen LogP contribution in [0.2, 0.25) is 5.02 Å². The van der Waals surface area contributed by atoms with Gasteiger partial charge in [-0.05, 0) is 66.9 Å². The summed E-state index contributed by atoms with van der Waals surface area (Å²) in [5.74, 6) is -0.527. The van der Waals surface area contributed by atoms with E-state index < -0.39 is 28.5 Å². The summed E-state index contributed by atoms with van der Waals surface area (Å²) in [6.07, 6.45) is 0.944. The van der Waals surface area contributed by atoms with Gasteiger partial charge in [0.1, 0.15) is 18.3 Å². The second-order valence-corrected chi connectivity index (χ2v) is 14.0. The molecular formula is C35H37BrClN3O5S. The summed E-state index contributed by atoms with van der Waals surface area (Å²) < 4.78 is 35.5. The van der Waals surface area contributed by atoms with Crippen LogP contribution >= 0.6 is 27.5 Å². The summed E-state index contributed by atoms with van der Waals surface area (Å²) in [5.41, 5.74) is 2.69. The van der Waals surface area contributed by atoms with Crippen LogP contribution in [0.4, 0.5) is 5.69 Å². The molecule has 2 amide bonds. The van der Waals surface area contributed by atoms with Crippen molar-refractivity contribution in [1.82, 2.24) is 10.2 Å². The van der Waals surface area contributed by atoms with E-state index in [0.717, 1.165) is 25.5 Å². The number of methoxy groups -OCH3 is 1. The third-order valence-corrected chi connectivity index (χ3v) is 9.95. The lowest BCUT2D eigenvalue weighted by Gasteiger charge is -2.34. The molecule has 4 rings (SSSR count). The number of carbonyl (C=O) groups is 2. The molecule has 4 aromatic carbocycles. The molecule has 1 N–H and O–H groups in total. The van der Waals surface area contributed by atoms with Crippen LogP contribution in [0.5, 0.6) is 5.75 Å². The number of amides is 2. The Kier molecular flexibility index (Phi) is 12.3. The average molecular weight is 727 g/mol. The highest BCUT2D eigenvalue weighted by molar-refractivity contribution is 9.10. The number of halogens is 2. The fraction of sp³-hybridized carbons (Fsp3) is 0.257. The predicted molar refractivity (Wildman–Crippen MR) is 186 cm³/mol. The van der Waals surface area contributed by atoms with E-state index in [1.54, 1.807) is 18.2 Å². The monoisotopic (exact) mass is 725 g/mol. The first-order valence-corrected chi connectivity index (χ1v) is 17.4.